The number of hydrogen-bond donors (Lipinski definition) is 1. The topological polar surface area (TPSA) is 117 Å². The summed E-state index contributed by atoms with van der Waals surface area (Å²) >= 11 is 0. The van der Waals surface area contributed by atoms with Gasteiger partial charge in [0.15, 0.2) is 12.4 Å². The number of methoxy groups -OCH3 is 2. The fourth-order valence-electron chi connectivity index (χ4n) is 2.07. The van der Waals surface area contributed by atoms with Gasteiger partial charge in [-0.05, 0) is 24.3 Å². The molecule has 2 rings (SSSR count). The second-order valence-electron chi connectivity index (χ2n) is 5.00. The van der Waals surface area contributed by atoms with Crippen LogP contribution in [0.4, 0.5) is 11.4 Å². The number of carbonyl (C=O) groups is 2. The van der Waals surface area contributed by atoms with Gasteiger partial charge in [0.1, 0.15) is 5.75 Å². The molecule has 0 aliphatic rings. The van der Waals surface area contributed by atoms with Crippen molar-refractivity contribution in [2.45, 2.75) is 0 Å². The van der Waals surface area contributed by atoms with Crippen molar-refractivity contribution in [1.29, 1.82) is 0 Å². The number of benzene rings is 2. The molecule has 0 heterocycles. The number of nitrogens with zero attached hydrogens (tertiary/aromatic N) is 1. The van der Waals surface area contributed by atoms with E-state index in [1.54, 1.807) is 24.3 Å². The van der Waals surface area contributed by atoms with E-state index in [4.69, 9.17) is 14.2 Å². The maximum absolute atomic E-state index is 12.0. The van der Waals surface area contributed by atoms with E-state index in [-0.39, 0.29) is 17.0 Å². The number of rotatable bonds is 7. The van der Waals surface area contributed by atoms with E-state index in [0.29, 0.717) is 11.4 Å². The van der Waals surface area contributed by atoms with Crippen LogP contribution >= 0.6 is 0 Å². The van der Waals surface area contributed by atoms with Crippen LogP contribution in [-0.2, 0) is 9.53 Å². The van der Waals surface area contributed by atoms with Gasteiger partial charge in [-0.15, -0.1) is 0 Å². The van der Waals surface area contributed by atoms with Crippen molar-refractivity contribution in [2.75, 3.05) is 26.1 Å². The van der Waals surface area contributed by atoms with Crippen LogP contribution < -0.4 is 14.8 Å². The van der Waals surface area contributed by atoms with Gasteiger partial charge in [0, 0.05) is 17.8 Å². The Labute approximate surface area is 148 Å². The van der Waals surface area contributed by atoms with Crippen molar-refractivity contribution < 1.29 is 28.7 Å². The third-order valence-electron chi connectivity index (χ3n) is 3.30. The molecule has 0 bridgehead atoms. The highest BCUT2D eigenvalue weighted by Gasteiger charge is 2.19. The van der Waals surface area contributed by atoms with Crippen LogP contribution in [0.1, 0.15) is 10.4 Å². The highest BCUT2D eigenvalue weighted by molar-refractivity contribution is 5.96. The summed E-state index contributed by atoms with van der Waals surface area (Å²) in [5, 5.41) is 13.5. The molecule has 2 aromatic rings. The van der Waals surface area contributed by atoms with Crippen LogP contribution in [0.3, 0.4) is 0 Å². The molecule has 0 fully saturated rings. The molecule has 0 saturated heterocycles. The average Bonchev–Trinajstić information content (AvgIpc) is 2.65. The first-order valence-electron chi connectivity index (χ1n) is 7.38. The predicted molar refractivity (Wildman–Crippen MR) is 91.6 cm³/mol. The fraction of sp³-hybridized carbons (Fsp3) is 0.176. The maximum atomic E-state index is 12.0. The first-order valence-corrected chi connectivity index (χ1v) is 7.38. The molecule has 0 aliphatic carbocycles. The number of nitrogens with one attached hydrogen (secondary N) is 1. The van der Waals surface area contributed by atoms with E-state index in [0.717, 1.165) is 6.07 Å². The molecule has 9 heteroatoms. The standard InChI is InChI=1S/C17H16N2O7/c1-24-13-5-3-4-12(9-13)18-16(20)10-26-17(21)11-6-7-15(25-2)14(8-11)19(22)23/h3-9H,10H2,1-2H3,(H,18,20). The van der Waals surface area contributed by atoms with E-state index in [1.165, 1.54) is 26.4 Å². The van der Waals surface area contributed by atoms with Gasteiger partial charge in [-0.25, -0.2) is 4.79 Å². The number of nitro groups is 1. The van der Waals surface area contributed by atoms with Gasteiger partial charge in [-0.1, -0.05) is 6.07 Å². The highest BCUT2D eigenvalue weighted by atomic mass is 16.6. The second-order valence-corrected chi connectivity index (χ2v) is 5.00. The molecule has 9 nitrogen and oxygen atoms in total. The molecule has 0 radical (unpaired) electrons. The monoisotopic (exact) mass is 360 g/mol. The molecule has 0 spiro atoms. The third kappa shape index (κ3) is 4.69. The van der Waals surface area contributed by atoms with Gasteiger partial charge in [-0.2, -0.15) is 0 Å². The molecule has 136 valence electrons. The van der Waals surface area contributed by atoms with Gasteiger partial charge in [0.05, 0.1) is 24.7 Å². The lowest BCUT2D eigenvalue weighted by molar-refractivity contribution is -0.385. The molecule has 0 unspecified atom stereocenters. The third-order valence-corrected chi connectivity index (χ3v) is 3.30. The molecule has 26 heavy (non-hydrogen) atoms. The van der Waals surface area contributed by atoms with Gasteiger partial charge in [0.2, 0.25) is 0 Å². The van der Waals surface area contributed by atoms with Gasteiger partial charge in [0.25, 0.3) is 5.91 Å². The summed E-state index contributed by atoms with van der Waals surface area (Å²) in [4.78, 5) is 34.2. The van der Waals surface area contributed by atoms with Crippen LogP contribution in [0, 0.1) is 10.1 Å². The van der Waals surface area contributed by atoms with Crippen LogP contribution in [0.25, 0.3) is 0 Å². The molecule has 0 aliphatic heterocycles. The lowest BCUT2D eigenvalue weighted by atomic mass is 10.2. The Morgan fingerprint density at radius 1 is 1.12 bits per heavy atom. The number of nitro benzene ring substituents is 1. The van der Waals surface area contributed by atoms with Crippen molar-refractivity contribution in [3.05, 3.63) is 58.1 Å². The fourth-order valence-corrected chi connectivity index (χ4v) is 2.07. The van der Waals surface area contributed by atoms with Crippen molar-refractivity contribution in [2.24, 2.45) is 0 Å². The van der Waals surface area contributed by atoms with E-state index >= 15 is 0 Å². The van der Waals surface area contributed by atoms with E-state index in [1.807, 2.05) is 0 Å². The second kappa shape index (κ2) is 8.47. The van der Waals surface area contributed by atoms with Crippen molar-refractivity contribution in [3.63, 3.8) is 0 Å². The van der Waals surface area contributed by atoms with Crippen LogP contribution in [-0.4, -0.2) is 37.6 Å². The van der Waals surface area contributed by atoms with Crippen LogP contribution in [0.2, 0.25) is 0 Å². The predicted octanol–water partition coefficient (Wildman–Crippen LogP) is 2.41. The molecule has 0 atom stereocenters. The molecule has 0 saturated carbocycles. The Bertz CT molecular complexity index is 836. The van der Waals surface area contributed by atoms with Gasteiger partial charge < -0.3 is 19.5 Å². The Morgan fingerprint density at radius 2 is 1.88 bits per heavy atom. The number of esters is 1. The molecule has 2 aromatic carbocycles. The molecular weight excluding hydrogens is 344 g/mol. The SMILES string of the molecule is COc1cccc(NC(=O)COC(=O)c2ccc(OC)c([N+](=O)[O-])c2)c1. The quantitative estimate of drug-likeness (QED) is 0.458. The minimum absolute atomic E-state index is 0.0160. The summed E-state index contributed by atoms with van der Waals surface area (Å²) in [5.41, 5.74) is 0.0416. The zero-order valence-electron chi connectivity index (χ0n) is 14.1. The summed E-state index contributed by atoms with van der Waals surface area (Å²) in [6, 6.07) is 10.3. The molecule has 1 N–H and O–H groups in total. The Morgan fingerprint density at radius 3 is 2.54 bits per heavy atom. The van der Waals surface area contributed by atoms with Crippen LogP contribution in [0.15, 0.2) is 42.5 Å². The lowest BCUT2D eigenvalue weighted by Gasteiger charge is -2.08. The van der Waals surface area contributed by atoms with E-state index < -0.39 is 23.4 Å². The number of carbonyl (C=O) groups excluding carboxylic acids is 2. The minimum Gasteiger partial charge on any atom is -0.497 e. The number of ether oxygens (including phenoxy) is 3. The molecule has 1 amide bonds. The minimum atomic E-state index is -0.864. The zero-order chi connectivity index (χ0) is 19.1. The maximum Gasteiger partial charge on any atom is 0.338 e. The normalized spacial score (nSPS) is 9.92. The number of amides is 1. The summed E-state index contributed by atoms with van der Waals surface area (Å²) in [6.07, 6.45) is 0. The molecular formula is C17H16N2O7. The Balaban J connectivity index is 1.98. The smallest absolute Gasteiger partial charge is 0.338 e. The average molecular weight is 360 g/mol. The van der Waals surface area contributed by atoms with Gasteiger partial charge >= 0.3 is 11.7 Å². The van der Waals surface area contributed by atoms with Crippen molar-refractivity contribution in [1.82, 2.24) is 0 Å². The summed E-state index contributed by atoms with van der Waals surface area (Å²) in [5.74, 6) is -0.848. The van der Waals surface area contributed by atoms with Crippen molar-refractivity contribution >= 4 is 23.3 Å². The summed E-state index contributed by atoms with van der Waals surface area (Å²) in [6.45, 7) is -0.546. The van der Waals surface area contributed by atoms with Gasteiger partial charge in [-0.3, -0.25) is 14.9 Å². The highest BCUT2D eigenvalue weighted by Crippen LogP contribution is 2.27. The van der Waals surface area contributed by atoms with E-state index in [2.05, 4.69) is 5.32 Å². The van der Waals surface area contributed by atoms with Crippen LogP contribution in [0.5, 0.6) is 11.5 Å². The Kier molecular flexibility index (Phi) is 6.10. The summed E-state index contributed by atoms with van der Waals surface area (Å²) in [7, 11) is 2.78. The number of anilines is 1. The number of hydrogen-bond acceptors (Lipinski definition) is 7. The first kappa shape index (κ1) is 18.7. The van der Waals surface area contributed by atoms with E-state index in [9.17, 15) is 19.7 Å². The zero-order valence-corrected chi connectivity index (χ0v) is 14.1. The van der Waals surface area contributed by atoms with Crippen molar-refractivity contribution in [3.8, 4) is 11.5 Å². The largest absolute Gasteiger partial charge is 0.497 e. The lowest BCUT2D eigenvalue weighted by Crippen LogP contribution is -2.21. The Hall–Kier alpha value is -3.62. The summed E-state index contributed by atoms with van der Waals surface area (Å²) < 4.78 is 14.8. The first-order chi connectivity index (χ1) is 12.4. The molecule has 0 aromatic heterocycles.